The number of thiazole rings is 1. The number of hydrogen-bond donors (Lipinski definition) is 2. The number of thiocarbonyl (C=S) groups is 1. The Kier molecular flexibility index (Phi) is 5.29. The van der Waals surface area contributed by atoms with Crippen LogP contribution >= 0.6 is 34.9 Å². The molecule has 0 aliphatic carbocycles. The summed E-state index contributed by atoms with van der Waals surface area (Å²) in [5, 5.41) is 11.3. The molecule has 0 saturated carbocycles. The number of nitrogens with one attached hydrogen (secondary N) is 1. The van der Waals surface area contributed by atoms with Crippen molar-refractivity contribution in [2.24, 2.45) is 10.9 Å². The summed E-state index contributed by atoms with van der Waals surface area (Å²) in [5.74, 6) is 0. The monoisotopic (exact) mass is 374 g/mol. The maximum absolute atomic E-state index is 10.5. The second-order valence-electron chi connectivity index (χ2n) is 5.08. The van der Waals surface area contributed by atoms with E-state index in [0.29, 0.717) is 12.1 Å². The lowest BCUT2D eigenvalue weighted by atomic mass is 10.0. The Hall–Kier alpha value is -2.16. The number of nitroso groups, excluding NO2 is 1. The van der Waals surface area contributed by atoms with E-state index in [1.807, 2.05) is 29.0 Å². The predicted molar refractivity (Wildman–Crippen MR) is 104 cm³/mol. The Bertz CT molecular complexity index is 827. The lowest BCUT2D eigenvalue weighted by Crippen LogP contribution is -2.34. The van der Waals surface area contributed by atoms with Crippen molar-refractivity contribution in [3.8, 4) is 9.88 Å². The summed E-state index contributed by atoms with van der Waals surface area (Å²) in [7, 11) is 0. The summed E-state index contributed by atoms with van der Waals surface area (Å²) in [6.07, 6.45) is 0.657. The molecule has 0 fully saturated rings. The highest BCUT2D eigenvalue weighted by atomic mass is 32.1. The van der Waals surface area contributed by atoms with E-state index in [1.165, 1.54) is 0 Å². The zero-order chi connectivity index (χ0) is 16.9. The third-order valence-corrected chi connectivity index (χ3v) is 5.43. The number of thiophene rings is 1. The second kappa shape index (κ2) is 7.61. The van der Waals surface area contributed by atoms with E-state index < -0.39 is 0 Å². The summed E-state index contributed by atoms with van der Waals surface area (Å²) in [6.45, 7) is 0. The van der Waals surface area contributed by atoms with Gasteiger partial charge >= 0.3 is 0 Å². The first kappa shape index (κ1) is 16.7. The number of nitrogens with zero attached hydrogens (tertiary/aromatic N) is 2. The van der Waals surface area contributed by atoms with Crippen molar-refractivity contribution in [1.82, 2.24) is 10.3 Å². The van der Waals surface area contributed by atoms with Gasteiger partial charge in [0.25, 0.3) is 0 Å². The molecule has 0 spiro atoms. The number of rotatable bonds is 6. The molecule has 0 unspecified atom stereocenters. The van der Waals surface area contributed by atoms with Gasteiger partial charge in [0, 0.05) is 5.38 Å². The SMILES string of the molecule is NC(=S)N[C@@H](Cc1ccc(N=O)cc1)c1csc(-c2cccs2)n1. The van der Waals surface area contributed by atoms with Crippen molar-refractivity contribution < 1.29 is 0 Å². The molecule has 3 rings (SSSR count). The molecule has 2 aromatic heterocycles. The van der Waals surface area contributed by atoms with Gasteiger partial charge in [-0.3, -0.25) is 0 Å². The molecule has 2 heterocycles. The molecule has 3 aromatic rings. The highest BCUT2D eigenvalue weighted by molar-refractivity contribution is 7.80. The van der Waals surface area contributed by atoms with Crippen LogP contribution in [0.15, 0.2) is 52.3 Å². The third-order valence-electron chi connectivity index (χ3n) is 3.41. The van der Waals surface area contributed by atoms with Gasteiger partial charge in [0.1, 0.15) is 10.7 Å². The van der Waals surface area contributed by atoms with Crippen molar-refractivity contribution in [3.05, 3.63) is 63.3 Å². The summed E-state index contributed by atoms with van der Waals surface area (Å²) < 4.78 is 0. The first-order chi connectivity index (χ1) is 11.7. The minimum atomic E-state index is -0.123. The van der Waals surface area contributed by atoms with Crippen molar-refractivity contribution >= 4 is 45.7 Å². The van der Waals surface area contributed by atoms with Gasteiger partial charge in [-0.05, 0) is 53.0 Å². The molecule has 1 atom stereocenters. The summed E-state index contributed by atoms with van der Waals surface area (Å²) in [5.41, 5.74) is 8.02. The minimum Gasteiger partial charge on any atom is -0.376 e. The van der Waals surface area contributed by atoms with Crippen LogP contribution < -0.4 is 11.1 Å². The van der Waals surface area contributed by atoms with Crippen LogP contribution in [0.4, 0.5) is 5.69 Å². The Balaban J connectivity index is 1.83. The van der Waals surface area contributed by atoms with Gasteiger partial charge in [0.05, 0.1) is 16.6 Å². The summed E-state index contributed by atoms with van der Waals surface area (Å²) >= 11 is 8.26. The Morgan fingerprint density at radius 2 is 2.08 bits per heavy atom. The van der Waals surface area contributed by atoms with Crippen LogP contribution in [0.5, 0.6) is 0 Å². The molecule has 122 valence electrons. The first-order valence-electron chi connectivity index (χ1n) is 7.13. The number of aromatic nitrogens is 1. The van der Waals surface area contributed by atoms with E-state index in [-0.39, 0.29) is 11.2 Å². The Labute approximate surface area is 152 Å². The molecule has 5 nitrogen and oxygen atoms in total. The molecule has 3 N–H and O–H groups in total. The van der Waals surface area contributed by atoms with Gasteiger partial charge < -0.3 is 11.1 Å². The lowest BCUT2D eigenvalue weighted by Gasteiger charge is -2.17. The normalized spacial score (nSPS) is 11.8. The van der Waals surface area contributed by atoms with E-state index in [9.17, 15) is 4.91 Å². The third kappa shape index (κ3) is 4.02. The van der Waals surface area contributed by atoms with Crippen LogP contribution in [0, 0.1) is 4.91 Å². The van der Waals surface area contributed by atoms with Crippen LogP contribution in [-0.2, 0) is 6.42 Å². The topological polar surface area (TPSA) is 80.4 Å². The van der Waals surface area contributed by atoms with Gasteiger partial charge in [0.2, 0.25) is 0 Å². The second-order valence-corrected chi connectivity index (χ2v) is 7.32. The molecule has 24 heavy (non-hydrogen) atoms. The highest BCUT2D eigenvalue weighted by Gasteiger charge is 2.17. The van der Waals surface area contributed by atoms with Gasteiger partial charge in [0.15, 0.2) is 5.11 Å². The maximum Gasteiger partial charge on any atom is 0.164 e. The fourth-order valence-corrected chi connectivity index (χ4v) is 4.12. The van der Waals surface area contributed by atoms with Crippen molar-refractivity contribution in [1.29, 1.82) is 0 Å². The molecule has 0 saturated heterocycles. The molecule has 0 aliphatic rings. The minimum absolute atomic E-state index is 0.123. The molecular formula is C16H14N4OS3. The molecule has 0 radical (unpaired) electrons. The van der Waals surface area contributed by atoms with Gasteiger partial charge in [-0.25, -0.2) is 4.98 Å². The van der Waals surface area contributed by atoms with E-state index in [1.54, 1.807) is 34.8 Å². The van der Waals surface area contributed by atoms with Crippen LogP contribution in [-0.4, -0.2) is 10.1 Å². The first-order valence-corrected chi connectivity index (χ1v) is 9.30. The molecule has 1 aromatic carbocycles. The fraction of sp³-hybridized carbons (Fsp3) is 0.125. The quantitative estimate of drug-likeness (QED) is 0.494. The zero-order valence-electron chi connectivity index (χ0n) is 12.5. The average molecular weight is 375 g/mol. The molecule has 0 amide bonds. The highest BCUT2D eigenvalue weighted by Crippen LogP contribution is 2.30. The number of nitrogens with two attached hydrogens (primary N) is 1. The number of hydrogen-bond acceptors (Lipinski definition) is 6. The van der Waals surface area contributed by atoms with Crippen LogP contribution in [0.3, 0.4) is 0 Å². The lowest BCUT2D eigenvalue weighted by molar-refractivity contribution is 0.630. The van der Waals surface area contributed by atoms with E-state index in [4.69, 9.17) is 22.9 Å². The fourth-order valence-electron chi connectivity index (χ4n) is 2.29. The Morgan fingerprint density at radius 1 is 1.29 bits per heavy atom. The maximum atomic E-state index is 10.5. The van der Waals surface area contributed by atoms with Crippen LogP contribution in [0.1, 0.15) is 17.3 Å². The van der Waals surface area contributed by atoms with E-state index in [0.717, 1.165) is 21.1 Å². The zero-order valence-corrected chi connectivity index (χ0v) is 15.0. The van der Waals surface area contributed by atoms with Crippen molar-refractivity contribution in [2.45, 2.75) is 12.5 Å². The van der Waals surface area contributed by atoms with Crippen LogP contribution in [0.2, 0.25) is 0 Å². The predicted octanol–water partition coefficient (Wildman–Crippen LogP) is 4.39. The summed E-state index contributed by atoms with van der Waals surface area (Å²) in [6, 6.07) is 11.1. The van der Waals surface area contributed by atoms with Crippen molar-refractivity contribution in [2.75, 3.05) is 0 Å². The molecular weight excluding hydrogens is 360 g/mol. The number of benzene rings is 1. The summed E-state index contributed by atoms with van der Waals surface area (Å²) in [4.78, 5) is 16.4. The van der Waals surface area contributed by atoms with Crippen LogP contribution in [0.25, 0.3) is 9.88 Å². The molecule has 8 heteroatoms. The van der Waals surface area contributed by atoms with E-state index >= 15 is 0 Å². The molecule has 0 bridgehead atoms. The van der Waals surface area contributed by atoms with Crippen molar-refractivity contribution in [3.63, 3.8) is 0 Å². The largest absolute Gasteiger partial charge is 0.376 e. The standard InChI is InChI=1S/C16H14N4OS3/c17-16(22)19-12(8-10-3-5-11(20-21)6-4-10)13-9-24-15(18-13)14-2-1-7-23-14/h1-7,9,12H,8H2,(H3,17,19,22)/t12-/m0/s1. The van der Waals surface area contributed by atoms with Gasteiger partial charge in [-0.1, -0.05) is 18.2 Å². The van der Waals surface area contributed by atoms with Gasteiger partial charge in [-0.15, -0.1) is 27.6 Å². The van der Waals surface area contributed by atoms with E-state index in [2.05, 4.69) is 16.6 Å². The average Bonchev–Trinajstić information content (AvgIpc) is 3.26. The Morgan fingerprint density at radius 3 is 2.71 bits per heavy atom. The smallest absolute Gasteiger partial charge is 0.164 e. The molecule has 0 aliphatic heterocycles. The van der Waals surface area contributed by atoms with Gasteiger partial charge in [-0.2, -0.15) is 0 Å².